The molecule has 1 aliphatic rings. The molecular formula is C19H24N2O4S. The van der Waals surface area contributed by atoms with Gasteiger partial charge in [-0.25, -0.2) is 8.42 Å². The van der Waals surface area contributed by atoms with E-state index in [0.29, 0.717) is 17.1 Å². The van der Waals surface area contributed by atoms with E-state index in [1.807, 2.05) is 25.1 Å². The minimum Gasteiger partial charge on any atom is -0.493 e. The van der Waals surface area contributed by atoms with Crippen LogP contribution in [-0.2, 0) is 10.0 Å². The monoisotopic (exact) mass is 376 g/mol. The van der Waals surface area contributed by atoms with Crippen LogP contribution in [0.2, 0.25) is 0 Å². The summed E-state index contributed by atoms with van der Waals surface area (Å²) in [6.07, 6.45) is 3.41. The molecule has 1 unspecified atom stereocenters. The van der Waals surface area contributed by atoms with E-state index in [1.165, 1.54) is 14.2 Å². The summed E-state index contributed by atoms with van der Waals surface area (Å²) in [6.45, 7) is 3.65. The third kappa shape index (κ3) is 3.41. The number of benzene rings is 1. The highest BCUT2D eigenvalue weighted by molar-refractivity contribution is 7.89. The van der Waals surface area contributed by atoms with Gasteiger partial charge in [-0.1, -0.05) is 6.07 Å². The third-order valence-corrected chi connectivity index (χ3v) is 6.81. The molecule has 2 aromatic rings. The maximum atomic E-state index is 13.5. The third-order valence-electron chi connectivity index (χ3n) is 4.64. The zero-order valence-electron chi connectivity index (χ0n) is 15.5. The van der Waals surface area contributed by atoms with Crippen LogP contribution < -0.4 is 9.47 Å². The lowest BCUT2D eigenvalue weighted by molar-refractivity contribution is 0.327. The van der Waals surface area contributed by atoms with E-state index in [0.717, 1.165) is 18.5 Å². The van der Waals surface area contributed by atoms with Crippen LogP contribution in [0.4, 0.5) is 0 Å². The van der Waals surface area contributed by atoms with Crippen molar-refractivity contribution in [3.63, 3.8) is 0 Å². The number of ether oxygens (including phenoxy) is 2. The fraction of sp³-hybridized carbons (Fsp3) is 0.421. The Morgan fingerprint density at radius 2 is 1.81 bits per heavy atom. The Kier molecular flexibility index (Phi) is 5.20. The lowest BCUT2D eigenvalue weighted by Gasteiger charge is -2.29. The number of sulfonamides is 1. The fourth-order valence-electron chi connectivity index (χ4n) is 3.16. The Labute approximate surface area is 154 Å². The number of methoxy groups -OCH3 is 2. The second kappa shape index (κ2) is 7.25. The van der Waals surface area contributed by atoms with Crippen molar-refractivity contribution in [1.82, 2.24) is 9.29 Å². The molecule has 6 nitrogen and oxygen atoms in total. The summed E-state index contributed by atoms with van der Waals surface area (Å²) in [7, 11) is -0.684. The van der Waals surface area contributed by atoms with Crippen LogP contribution in [0.25, 0.3) is 0 Å². The molecule has 140 valence electrons. The summed E-state index contributed by atoms with van der Waals surface area (Å²) in [6, 6.07) is 8.46. The summed E-state index contributed by atoms with van der Waals surface area (Å²) in [4.78, 5) is 4.59. The molecule has 7 heteroatoms. The summed E-state index contributed by atoms with van der Waals surface area (Å²) in [5.41, 5.74) is 1.36. The van der Waals surface area contributed by atoms with Crippen molar-refractivity contribution in [1.29, 1.82) is 0 Å². The van der Waals surface area contributed by atoms with Crippen molar-refractivity contribution >= 4 is 10.0 Å². The number of rotatable bonds is 7. The van der Waals surface area contributed by atoms with Gasteiger partial charge in [-0.05, 0) is 50.5 Å². The maximum absolute atomic E-state index is 13.5. The van der Waals surface area contributed by atoms with Gasteiger partial charge in [0.1, 0.15) is 0 Å². The molecule has 3 rings (SSSR count). The van der Waals surface area contributed by atoms with Gasteiger partial charge in [0.2, 0.25) is 10.0 Å². The Hall–Kier alpha value is -2.12. The molecule has 26 heavy (non-hydrogen) atoms. The molecule has 1 aromatic carbocycles. The maximum Gasteiger partial charge on any atom is 0.244 e. The van der Waals surface area contributed by atoms with Crippen LogP contribution in [0.15, 0.2) is 41.4 Å². The topological polar surface area (TPSA) is 68.7 Å². The molecule has 1 aromatic heterocycles. The molecule has 1 atom stereocenters. The largest absolute Gasteiger partial charge is 0.493 e. The Morgan fingerprint density at radius 3 is 2.35 bits per heavy atom. The normalized spacial score (nSPS) is 15.7. The van der Waals surface area contributed by atoms with Crippen molar-refractivity contribution in [2.45, 2.75) is 43.7 Å². The van der Waals surface area contributed by atoms with Crippen molar-refractivity contribution in [2.75, 3.05) is 14.2 Å². The first kappa shape index (κ1) is 18.7. The molecule has 0 aliphatic heterocycles. The van der Waals surface area contributed by atoms with Crippen LogP contribution in [-0.4, -0.2) is 38.0 Å². The average Bonchev–Trinajstić information content (AvgIpc) is 3.46. The number of pyridine rings is 1. The van der Waals surface area contributed by atoms with Crippen LogP contribution in [0.5, 0.6) is 11.5 Å². The van der Waals surface area contributed by atoms with E-state index < -0.39 is 10.0 Å². The van der Waals surface area contributed by atoms with Gasteiger partial charge in [0.05, 0.1) is 30.9 Å². The van der Waals surface area contributed by atoms with E-state index in [4.69, 9.17) is 9.47 Å². The number of hydrogen-bond donors (Lipinski definition) is 0. The van der Waals surface area contributed by atoms with Crippen LogP contribution in [0, 0.1) is 6.92 Å². The Bertz CT molecular complexity index is 880. The van der Waals surface area contributed by atoms with Gasteiger partial charge in [0.15, 0.2) is 11.5 Å². The summed E-state index contributed by atoms with van der Waals surface area (Å²) < 4.78 is 39.2. The van der Waals surface area contributed by atoms with E-state index in [-0.39, 0.29) is 17.0 Å². The number of aromatic nitrogens is 1. The minimum absolute atomic E-state index is 0.00417. The van der Waals surface area contributed by atoms with Gasteiger partial charge in [-0.3, -0.25) is 4.98 Å². The van der Waals surface area contributed by atoms with Crippen molar-refractivity contribution in [3.8, 4) is 11.5 Å². The van der Waals surface area contributed by atoms with E-state index >= 15 is 0 Å². The lowest BCUT2D eigenvalue weighted by Crippen LogP contribution is -2.36. The second-order valence-corrected chi connectivity index (χ2v) is 8.28. The molecule has 0 amide bonds. The predicted molar refractivity (Wildman–Crippen MR) is 99.0 cm³/mol. The standard InChI is InChI=1S/C19H24N2O4S/c1-13-11-17(24-3)18(25-4)12-19(13)26(22,23)21(15-8-9-15)14(2)16-7-5-6-10-20-16/h5-7,10-12,14-15H,8-9H2,1-4H3. The van der Waals surface area contributed by atoms with E-state index in [1.54, 1.807) is 29.6 Å². The van der Waals surface area contributed by atoms with Crippen molar-refractivity contribution < 1.29 is 17.9 Å². The van der Waals surface area contributed by atoms with Gasteiger partial charge < -0.3 is 9.47 Å². The highest BCUT2D eigenvalue weighted by Crippen LogP contribution is 2.41. The second-order valence-electron chi connectivity index (χ2n) is 6.47. The Morgan fingerprint density at radius 1 is 1.15 bits per heavy atom. The fourth-order valence-corrected chi connectivity index (χ4v) is 5.23. The molecule has 1 heterocycles. The highest BCUT2D eigenvalue weighted by Gasteiger charge is 2.42. The predicted octanol–water partition coefficient (Wildman–Crippen LogP) is 3.32. The first-order valence-corrected chi connectivity index (χ1v) is 10.0. The van der Waals surface area contributed by atoms with Gasteiger partial charge >= 0.3 is 0 Å². The molecule has 0 radical (unpaired) electrons. The van der Waals surface area contributed by atoms with Crippen LogP contribution in [0.3, 0.4) is 0 Å². The van der Waals surface area contributed by atoms with E-state index in [2.05, 4.69) is 4.98 Å². The molecule has 0 spiro atoms. The molecule has 0 bridgehead atoms. The molecule has 1 fully saturated rings. The van der Waals surface area contributed by atoms with Gasteiger partial charge in [-0.2, -0.15) is 4.31 Å². The van der Waals surface area contributed by atoms with Gasteiger partial charge in [0, 0.05) is 18.3 Å². The van der Waals surface area contributed by atoms with Crippen molar-refractivity contribution in [2.24, 2.45) is 0 Å². The van der Waals surface area contributed by atoms with E-state index in [9.17, 15) is 8.42 Å². The first-order valence-electron chi connectivity index (χ1n) is 8.57. The molecule has 0 saturated heterocycles. The minimum atomic E-state index is -3.72. The highest BCUT2D eigenvalue weighted by atomic mass is 32.2. The smallest absolute Gasteiger partial charge is 0.244 e. The van der Waals surface area contributed by atoms with Gasteiger partial charge in [-0.15, -0.1) is 0 Å². The zero-order chi connectivity index (χ0) is 18.9. The molecule has 1 saturated carbocycles. The Balaban J connectivity index is 2.07. The molecular weight excluding hydrogens is 352 g/mol. The van der Waals surface area contributed by atoms with Crippen LogP contribution in [0.1, 0.15) is 37.1 Å². The lowest BCUT2D eigenvalue weighted by atomic mass is 10.2. The summed E-state index contributed by atoms with van der Waals surface area (Å²) >= 11 is 0. The van der Waals surface area contributed by atoms with Crippen molar-refractivity contribution in [3.05, 3.63) is 47.8 Å². The zero-order valence-corrected chi connectivity index (χ0v) is 16.3. The first-order chi connectivity index (χ1) is 12.4. The van der Waals surface area contributed by atoms with Gasteiger partial charge in [0.25, 0.3) is 0 Å². The summed E-state index contributed by atoms with van der Waals surface area (Å²) in [5.74, 6) is 0.914. The van der Waals surface area contributed by atoms with Crippen LogP contribution >= 0.6 is 0 Å². The number of aryl methyl sites for hydroxylation is 1. The average molecular weight is 376 g/mol. The SMILES string of the molecule is COc1cc(C)c(S(=O)(=O)N(C2CC2)C(C)c2ccccn2)cc1OC. The quantitative estimate of drug-likeness (QED) is 0.741. The summed E-state index contributed by atoms with van der Waals surface area (Å²) in [5, 5.41) is 0. The number of nitrogens with zero attached hydrogens (tertiary/aromatic N) is 2. The number of hydrogen-bond acceptors (Lipinski definition) is 5. The molecule has 0 N–H and O–H groups in total. The molecule has 1 aliphatic carbocycles.